The average molecular weight is 576 g/mol. The number of piperidine rings is 1. The highest BCUT2D eigenvalue weighted by Gasteiger charge is 2.28. The quantitative estimate of drug-likeness (QED) is 0.189. The molecule has 0 aliphatic carbocycles. The van der Waals surface area contributed by atoms with E-state index in [1.54, 1.807) is 0 Å². The maximum absolute atomic E-state index is 5.69. The first-order chi connectivity index (χ1) is 16.2. The number of rotatable bonds is 8. The zero-order chi connectivity index (χ0) is 22.9. The van der Waals surface area contributed by atoms with Gasteiger partial charge in [-0.1, -0.05) is 31.2 Å². The number of nitrogens with zero attached hydrogens (tertiary/aromatic N) is 5. The number of aromatic nitrogens is 3. The van der Waals surface area contributed by atoms with Crippen LogP contribution in [0.1, 0.15) is 24.9 Å². The predicted octanol–water partition coefficient (Wildman–Crippen LogP) is 4.01. The fourth-order valence-electron chi connectivity index (χ4n) is 4.03. The lowest BCUT2D eigenvalue weighted by atomic mass is 9.93. The summed E-state index contributed by atoms with van der Waals surface area (Å²) >= 11 is 0. The first-order valence-electron chi connectivity index (χ1n) is 11.4. The molecule has 182 valence electrons. The largest absolute Gasteiger partial charge is 0.490 e. The summed E-state index contributed by atoms with van der Waals surface area (Å²) in [5.74, 6) is 2.94. The Morgan fingerprint density at radius 3 is 2.68 bits per heavy atom. The van der Waals surface area contributed by atoms with Crippen LogP contribution >= 0.6 is 24.0 Å². The number of para-hydroxylation sites is 1. The molecule has 0 saturated carbocycles. The van der Waals surface area contributed by atoms with E-state index in [1.165, 1.54) is 0 Å². The van der Waals surface area contributed by atoms with Crippen molar-refractivity contribution in [2.75, 3.05) is 33.4 Å². The molecule has 1 aliphatic heterocycles. The van der Waals surface area contributed by atoms with Crippen LogP contribution < -0.4 is 14.8 Å². The lowest BCUT2D eigenvalue weighted by molar-refractivity contribution is 0.189. The molecule has 4 rings (SSSR count). The van der Waals surface area contributed by atoms with E-state index in [9.17, 15) is 0 Å². The Bertz CT molecular complexity index is 998. The van der Waals surface area contributed by atoms with Crippen LogP contribution in [0.4, 0.5) is 0 Å². The van der Waals surface area contributed by atoms with E-state index in [-0.39, 0.29) is 24.0 Å². The molecule has 1 aromatic carbocycles. The van der Waals surface area contributed by atoms with Crippen molar-refractivity contribution >= 4 is 29.9 Å². The molecule has 1 aliphatic rings. The molecule has 2 unspecified atom stereocenters. The predicted molar refractivity (Wildman–Crippen MR) is 144 cm³/mol. The first-order valence-corrected chi connectivity index (χ1v) is 11.4. The lowest BCUT2D eigenvalue weighted by Crippen LogP contribution is -2.48. The molecule has 8 nitrogen and oxygen atoms in total. The second-order valence-corrected chi connectivity index (χ2v) is 8.20. The van der Waals surface area contributed by atoms with Crippen molar-refractivity contribution in [1.82, 2.24) is 24.8 Å². The van der Waals surface area contributed by atoms with Crippen molar-refractivity contribution in [3.05, 3.63) is 72.9 Å². The summed E-state index contributed by atoms with van der Waals surface area (Å²) in [6.45, 7) is 5.77. The Kier molecular flexibility index (Phi) is 9.99. The van der Waals surface area contributed by atoms with Crippen LogP contribution in [0.3, 0.4) is 0 Å². The number of halogens is 1. The number of nitrogens with one attached hydrogen (secondary N) is 1. The van der Waals surface area contributed by atoms with Gasteiger partial charge in [-0.15, -0.1) is 24.0 Å². The molecule has 2 atom stereocenters. The zero-order valence-corrected chi connectivity index (χ0v) is 22.0. The molecule has 9 heteroatoms. The first kappa shape index (κ1) is 25.8. The number of hydrogen-bond acceptors (Lipinski definition) is 5. The van der Waals surface area contributed by atoms with E-state index in [2.05, 4.69) is 36.7 Å². The minimum atomic E-state index is 0. The van der Waals surface area contributed by atoms with Gasteiger partial charge in [0.1, 0.15) is 19.0 Å². The van der Waals surface area contributed by atoms with Crippen LogP contribution in [0.5, 0.6) is 11.6 Å². The molecule has 3 heterocycles. The van der Waals surface area contributed by atoms with E-state index in [0.717, 1.165) is 36.8 Å². The van der Waals surface area contributed by atoms with Gasteiger partial charge in [0.15, 0.2) is 5.96 Å². The second-order valence-electron chi connectivity index (χ2n) is 8.20. The van der Waals surface area contributed by atoms with Crippen LogP contribution in [0, 0.1) is 5.92 Å². The molecule has 1 saturated heterocycles. The number of likely N-dealkylation sites (tertiary alicyclic amines) is 1. The van der Waals surface area contributed by atoms with Crippen molar-refractivity contribution in [2.45, 2.75) is 25.9 Å². The number of imidazole rings is 1. The van der Waals surface area contributed by atoms with E-state index in [0.29, 0.717) is 37.6 Å². The normalized spacial score (nSPS) is 18.2. The Labute approximate surface area is 218 Å². The number of pyridine rings is 1. The van der Waals surface area contributed by atoms with Gasteiger partial charge in [-0.2, -0.15) is 0 Å². The van der Waals surface area contributed by atoms with Gasteiger partial charge in [0.05, 0.1) is 12.4 Å². The summed E-state index contributed by atoms with van der Waals surface area (Å²) in [7, 11) is 1.83. The summed E-state index contributed by atoms with van der Waals surface area (Å²) in [6, 6.07) is 14.0. The van der Waals surface area contributed by atoms with Gasteiger partial charge >= 0.3 is 0 Å². The standard InChI is InChI=1S/C25H32N6O2.HI/c1-20-10-12-30(18-23(20)31-13-11-27-19-31)25(26-2)29-17-21-8-9-24(28-16-21)33-15-14-32-22-6-4-3-5-7-22;/h3-9,11,13,16,19-20,23H,10,12,14-15,17-18H2,1-2H3,(H,26,29);1H. The van der Waals surface area contributed by atoms with Crippen LogP contribution in [0.2, 0.25) is 0 Å². The van der Waals surface area contributed by atoms with Gasteiger partial charge in [0.25, 0.3) is 0 Å². The molecule has 34 heavy (non-hydrogen) atoms. The van der Waals surface area contributed by atoms with Crippen molar-refractivity contribution in [3.63, 3.8) is 0 Å². The van der Waals surface area contributed by atoms with Gasteiger partial charge in [-0.25, -0.2) is 9.97 Å². The lowest BCUT2D eigenvalue weighted by Gasteiger charge is -2.39. The minimum absolute atomic E-state index is 0. The van der Waals surface area contributed by atoms with Crippen molar-refractivity contribution in [2.24, 2.45) is 10.9 Å². The molecule has 2 aromatic heterocycles. The summed E-state index contributed by atoms with van der Waals surface area (Å²) < 4.78 is 13.5. The Balaban J connectivity index is 0.00000324. The Morgan fingerprint density at radius 2 is 1.97 bits per heavy atom. The van der Waals surface area contributed by atoms with Gasteiger partial charge in [-0.3, -0.25) is 4.99 Å². The molecule has 3 aromatic rings. The van der Waals surface area contributed by atoms with E-state index in [4.69, 9.17) is 9.47 Å². The summed E-state index contributed by atoms with van der Waals surface area (Å²) in [6.07, 6.45) is 8.74. The number of ether oxygens (including phenoxy) is 2. The molecule has 1 N–H and O–H groups in total. The highest BCUT2D eigenvalue weighted by Crippen LogP contribution is 2.27. The van der Waals surface area contributed by atoms with E-state index in [1.807, 2.05) is 74.4 Å². The third kappa shape index (κ3) is 7.09. The van der Waals surface area contributed by atoms with Gasteiger partial charge in [-0.05, 0) is 30.0 Å². The summed E-state index contributed by atoms with van der Waals surface area (Å²) in [5, 5.41) is 3.48. The van der Waals surface area contributed by atoms with Gasteiger partial charge < -0.3 is 24.3 Å². The van der Waals surface area contributed by atoms with Gasteiger partial charge in [0.2, 0.25) is 5.88 Å². The monoisotopic (exact) mass is 576 g/mol. The minimum Gasteiger partial charge on any atom is -0.490 e. The Morgan fingerprint density at radius 1 is 1.15 bits per heavy atom. The fraction of sp³-hybridized carbons (Fsp3) is 0.400. The molecular formula is C25H33IN6O2. The van der Waals surface area contributed by atoms with Crippen LogP contribution in [-0.4, -0.2) is 58.7 Å². The Hall–Kier alpha value is -2.82. The molecular weight excluding hydrogens is 543 g/mol. The van der Waals surface area contributed by atoms with Crippen LogP contribution in [0.25, 0.3) is 0 Å². The highest BCUT2D eigenvalue weighted by molar-refractivity contribution is 14.0. The van der Waals surface area contributed by atoms with E-state index < -0.39 is 0 Å². The highest BCUT2D eigenvalue weighted by atomic mass is 127. The SMILES string of the molecule is CN=C(NCc1ccc(OCCOc2ccccc2)nc1)N1CCC(C)C(n2ccnc2)C1.I. The molecule has 1 fully saturated rings. The number of benzene rings is 1. The van der Waals surface area contributed by atoms with Crippen molar-refractivity contribution < 1.29 is 9.47 Å². The number of guanidine groups is 1. The van der Waals surface area contributed by atoms with E-state index >= 15 is 0 Å². The molecule has 0 amide bonds. The molecule has 0 bridgehead atoms. The topological polar surface area (TPSA) is 76.8 Å². The van der Waals surface area contributed by atoms with Gasteiger partial charge in [0, 0.05) is 51.3 Å². The summed E-state index contributed by atoms with van der Waals surface area (Å²) in [5.41, 5.74) is 1.07. The second kappa shape index (κ2) is 13.2. The summed E-state index contributed by atoms with van der Waals surface area (Å²) in [4.78, 5) is 15.5. The van der Waals surface area contributed by atoms with Crippen molar-refractivity contribution in [3.8, 4) is 11.6 Å². The van der Waals surface area contributed by atoms with Crippen LogP contribution in [0.15, 0.2) is 72.4 Å². The molecule has 0 radical (unpaired) electrons. The maximum Gasteiger partial charge on any atom is 0.213 e. The average Bonchev–Trinajstić information content (AvgIpc) is 3.39. The maximum atomic E-state index is 5.69. The van der Waals surface area contributed by atoms with Crippen LogP contribution in [-0.2, 0) is 6.54 Å². The third-order valence-electron chi connectivity index (χ3n) is 5.93. The fourth-order valence-corrected chi connectivity index (χ4v) is 4.03. The smallest absolute Gasteiger partial charge is 0.213 e. The molecule has 0 spiro atoms. The number of aliphatic imine (C=N–C) groups is 1. The number of hydrogen-bond donors (Lipinski definition) is 1. The third-order valence-corrected chi connectivity index (χ3v) is 5.93. The zero-order valence-electron chi connectivity index (χ0n) is 19.7. The van der Waals surface area contributed by atoms with Crippen molar-refractivity contribution in [1.29, 1.82) is 0 Å².